The minimum Gasteiger partial charge on any atom is -0.353 e. The molecule has 7 rings (SSSR count). The van der Waals surface area contributed by atoms with Crippen LogP contribution >= 0.6 is 11.8 Å². The fraction of sp³-hybridized carbons (Fsp3) is 0.333. The largest absolute Gasteiger partial charge is 0.353 e. The molecule has 0 fully saturated rings. The lowest BCUT2D eigenvalue weighted by atomic mass is 9.57. The predicted molar refractivity (Wildman–Crippen MR) is 163 cm³/mol. The summed E-state index contributed by atoms with van der Waals surface area (Å²) in [7, 11) is 1.01. The number of para-hydroxylation sites is 2. The van der Waals surface area contributed by atoms with Crippen molar-refractivity contribution in [2.75, 3.05) is 10.2 Å². The average Bonchev–Trinajstić information content (AvgIpc) is 2.97. The van der Waals surface area contributed by atoms with Gasteiger partial charge in [-0.3, -0.25) is 0 Å². The number of nitrogens with zero attached hydrogens (tertiary/aromatic N) is 1. The minimum absolute atomic E-state index is 0.469. The Morgan fingerprint density at radius 3 is 2.81 bits per heavy atom. The number of allylic oxidation sites excluding steroid dienone is 3. The van der Waals surface area contributed by atoms with E-state index >= 15 is 0 Å². The van der Waals surface area contributed by atoms with E-state index in [9.17, 15) is 0 Å². The molecule has 4 aliphatic rings. The minimum atomic E-state index is 0.469. The second-order valence-corrected chi connectivity index (χ2v) is 12.6. The first-order chi connectivity index (χ1) is 18.1. The number of anilines is 3. The average molecular weight is 503 g/mol. The maximum Gasteiger partial charge on any atom is 0.198 e. The van der Waals surface area contributed by atoms with Crippen molar-refractivity contribution in [3.05, 3.63) is 88.0 Å². The molecule has 0 aromatic heterocycles. The van der Waals surface area contributed by atoms with Gasteiger partial charge in [-0.05, 0) is 92.2 Å². The third-order valence-corrected chi connectivity index (χ3v) is 10.2. The van der Waals surface area contributed by atoms with Gasteiger partial charge in [-0.15, -0.1) is 0 Å². The second-order valence-electron chi connectivity index (χ2n) is 11.4. The van der Waals surface area contributed by atoms with Gasteiger partial charge in [-0.2, -0.15) is 0 Å². The maximum atomic E-state index is 3.86. The molecular formula is C33H35BN2S. The van der Waals surface area contributed by atoms with Crippen LogP contribution in [-0.4, -0.2) is 13.3 Å². The van der Waals surface area contributed by atoms with Gasteiger partial charge >= 0.3 is 0 Å². The fourth-order valence-electron chi connectivity index (χ4n) is 6.88. The molecule has 1 aliphatic carbocycles. The first kappa shape index (κ1) is 23.3. The van der Waals surface area contributed by atoms with E-state index in [1.54, 1.807) is 0 Å². The van der Waals surface area contributed by atoms with E-state index in [-0.39, 0.29) is 0 Å². The van der Waals surface area contributed by atoms with Crippen LogP contribution < -0.4 is 21.1 Å². The van der Waals surface area contributed by atoms with Gasteiger partial charge in [0.05, 0.1) is 11.4 Å². The van der Waals surface area contributed by atoms with Gasteiger partial charge in [0.15, 0.2) is 7.28 Å². The van der Waals surface area contributed by atoms with E-state index in [1.807, 2.05) is 11.8 Å². The Hall–Kier alpha value is -2.85. The van der Waals surface area contributed by atoms with Crippen LogP contribution in [0.15, 0.2) is 76.2 Å². The summed E-state index contributed by atoms with van der Waals surface area (Å²) in [4.78, 5) is 5.57. The highest BCUT2D eigenvalue weighted by Crippen LogP contribution is 2.48. The molecule has 0 bridgehead atoms. The van der Waals surface area contributed by atoms with Crippen molar-refractivity contribution in [2.24, 2.45) is 5.92 Å². The molecule has 0 amide bonds. The maximum absolute atomic E-state index is 3.86. The van der Waals surface area contributed by atoms with E-state index < -0.39 is 0 Å². The van der Waals surface area contributed by atoms with E-state index in [4.69, 9.17) is 0 Å². The number of fused-ring (bicyclic) bond motifs is 3. The molecule has 37 heavy (non-hydrogen) atoms. The second kappa shape index (κ2) is 9.17. The number of thioether (sulfide) groups is 1. The van der Waals surface area contributed by atoms with Crippen molar-refractivity contribution in [1.29, 1.82) is 0 Å². The molecule has 2 nitrogen and oxygen atoms in total. The summed E-state index contributed by atoms with van der Waals surface area (Å²) >= 11 is 1.96. The number of hydrogen-bond donors (Lipinski definition) is 1. The molecule has 1 N–H and O–H groups in total. The molecule has 0 saturated heterocycles. The van der Waals surface area contributed by atoms with Crippen LogP contribution in [-0.2, 0) is 6.42 Å². The number of aryl methyl sites for hydroxylation is 2. The van der Waals surface area contributed by atoms with Gasteiger partial charge in [-0.25, -0.2) is 0 Å². The summed E-state index contributed by atoms with van der Waals surface area (Å²) in [5.74, 6) is 0.657. The zero-order valence-electron chi connectivity index (χ0n) is 22.2. The molecule has 0 saturated carbocycles. The topological polar surface area (TPSA) is 15.3 Å². The van der Waals surface area contributed by atoms with Gasteiger partial charge in [0.2, 0.25) is 0 Å². The van der Waals surface area contributed by atoms with E-state index in [0.717, 1.165) is 20.1 Å². The van der Waals surface area contributed by atoms with Crippen LogP contribution in [0, 0.1) is 12.8 Å². The van der Waals surface area contributed by atoms with Crippen molar-refractivity contribution in [3.8, 4) is 0 Å². The summed E-state index contributed by atoms with van der Waals surface area (Å²) in [6.45, 7) is 7.21. The first-order valence-electron chi connectivity index (χ1n) is 14.1. The first-order valence-corrected chi connectivity index (χ1v) is 14.9. The molecule has 3 heterocycles. The van der Waals surface area contributed by atoms with Gasteiger partial charge in [0.1, 0.15) is 0 Å². The fourth-order valence-corrected chi connectivity index (χ4v) is 8.01. The van der Waals surface area contributed by atoms with Gasteiger partial charge in [0.25, 0.3) is 0 Å². The van der Waals surface area contributed by atoms with Crippen molar-refractivity contribution in [3.63, 3.8) is 0 Å². The zero-order valence-corrected chi connectivity index (χ0v) is 23.0. The Morgan fingerprint density at radius 2 is 1.89 bits per heavy atom. The zero-order chi connectivity index (χ0) is 25.1. The lowest BCUT2D eigenvalue weighted by molar-refractivity contribution is 0.431. The lowest BCUT2D eigenvalue weighted by Crippen LogP contribution is -2.48. The van der Waals surface area contributed by atoms with Crippen LogP contribution in [0.3, 0.4) is 0 Å². The van der Waals surface area contributed by atoms with Crippen LogP contribution in [0.25, 0.3) is 5.57 Å². The SMILES string of the molecule is Cc1cc(C2=CCCC3=C2Nc2ccccc2S3)c2c(c1)N1c3c(cccc3CCCCC(C)C1C)B2. The standard InChI is InChI=1S/C33H35BN2S/c1-20-18-25(24-13-9-17-30-32(24)35-27-15-6-7-16-29(27)37-30)31-28(19-20)36-22(3)21(2)10-4-5-11-23-12-8-14-26(34-31)33(23)36/h6-8,12-16,18-19,21-22,34-35H,4-5,9-11,17H2,1-3H3. The predicted octanol–water partition coefficient (Wildman–Crippen LogP) is 7.19. The van der Waals surface area contributed by atoms with Crippen molar-refractivity contribution in [2.45, 2.75) is 70.2 Å². The van der Waals surface area contributed by atoms with E-state index in [1.165, 1.54) is 91.4 Å². The quantitative estimate of drug-likeness (QED) is 0.355. The number of hydrogen-bond acceptors (Lipinski definition) is 3. The highest BCUT2D eigenvalue weighted by atomic mass is 32.2. The van der Waals surface area contributed by atoms with Gasteiger partial charge in [0, 0.05) is 32.8 Å². The number of nitrogens with one attached hydrogen (secondary N) is 1. The Kier molecular flexibility index (Phi) is 5.77. The highest BCUT2D eigenvalue weighted by molar-refractivity contribution is 8.03. The van der Waals surface area contributed by atoms with Gasteiger partial charge < -0.3 is 10.2 Å². The smallest absolute Gasteiger partial charge is 0.198 e. The Labute approximate surface area is 226 Å². The van der Waals surface area contributed by atoms with Crippen molar-refractivity contribution < 1.29 is 0 Å². The summed E-state index contributed by atoms with van der Waals surface area (Å²) in [6, 6.07) is 21.2. The van der Waals surface area contributed by atoms with Crippen molar-refractivity contribution >= 4 is 52.6 Å². The molecule has 2 atom stereocenters. The monoisotopic (exact) mass is 502 g/mol. The molecule has 0 spiro atoms. The summed E-state index contributed by atoms with van der Waals surface area (Å²) < 4.78 is 0. The lowest BCUT2D eigenvalue weighted by Gasteiger charge is -2.42. The number of benzene rings is 3. The molecule has 4 heteroatoms. The third-order valence-electron chi connectivity index (χ3n) is 8.97. The van der Waals surface area contributed by atoms with Crippen LogP contribution in [0.1, 0.15) is 62.6 Å². The molecule has 3 aromatic carbocycles. The molecule has 0 radical (unpaired) electrons. The van der Waals surface area contributed by atoms with Crippen LogP contribution in [0.2, 0.25) is 0 Å². The Morgan fingerprint density at radius 1 is 1.00 bits per heavy atom. The Balaban J connectivity index is 1.40. The molecule has 3 aliphatic heterocycles. The van der Waals surface area contributed by atoms with Gasteiger partial charge in [-0.1, -0.05) is 73.0 Å². The van der Waals surface area contributed by atoms with Crippen LogP contribution in [0.4, 0.5) is 17.1 Å². The molecule has 186 valence electrons. The van der Waals surface area contributed by atoms with E-state index in [0.29, 0.717) is 12.0 Å². The van der Waals surface area contributed by atoms with Crippen molar-refractivity contribution in [1.82, 2.24) is 0 Å². The molecule has 2 unspecified atom stereocenters. The normalized spacial score (nSPS) is 22.1. The number of rotatable bonds is 1. The van der Waals surface area contributed by atoms with Crippen LogP contribution in [0.5, 0.6) is 0 Å². The molecule has 3 aromatic rings. The van der Waals surface area contributed by atoms with E-state index in [2.05, 4.69) is 91.7 Å². The summed E-state index contributed by atoms with van der Waals surface area (Å²) in [5, 5.41) is 3.86. The summed E-state index contributed by atoms with van der Waals surface area (Å²) in [5.41, 5.74) is 14.2. The third kappa shape index (κ3) is 3.87. The summed E-state index contributed by atoms with van der Waals surface area (Å²) in [6.07, 6.45) is 9.82. The molecular weight excluding hydrogens is 467 g/mol. The highest BCUT2D eigenvalue weighted by Gasteiger charge is 2.35. The Bertz CT molecular complexity index is 1470.